The Morgan fingerprint density at radius 2 is 1.78 bits per heavy atom. The predicted molar refractivity (Wildman–Crippen MR) is 108 cm³/mol. The number of halogens is 3. The minimum atomic E-state index is -4.74. The van der Waals surface area contributed by atoms with Crippen LogP contribution in [-0.2, 0) is 0 Å². The Kier molecular flexibility index (Phi) is 6.27. The Morgan fingerprint density at radius 1 is 1.12 bits per heavy atom. The van der Waals surface area contributed by atoms with E-state index in [4.69, 9.17) is 10.3 Å². The third-order valence-corrected chi connectivity index (χ3v) is 6.01. The number of aryl methyl sites for hydroxylation is 1. The molecule has 0 aliphatic carbocycles. The Labute approximate surface area is 183 Å². The predicted octanol–water partition coefficient (Wildman–Crippen LogP) is 3.39. The zero-order valence-corrected chi connectivity index (χ0v) is 17.7. The van der Waals surface area contributed by atoms with Crippen molar-refractivity contribution in [3.8, 4) is 5.75 Å². The number of alkyl halides is 3. The molecular formula is C21H26F3N5O3. The Bertz CT molecular complexity index is 926. The number of hydrogen-bond donors (Lipinski definition) is 1. The lowest BCUT2D eigenvalue weighted by Gasteiger charge is -2.40. The number of aromatic nitrogens is 2. The molecule has 2 unspecified atom stereocenters. The minimum absolute atomic E-state index is 0.0696. The fourth-order valence-electron chi connectivity index (χ4n) is 4.39. The first-order valence-electron chi connectivity index (χ1n) is 10.6. The fraction of sp³-hybridized carbons (Fsp3) is 0.571. The minimum Gasteiger partial charge on any atom is -0.406 e. The van der Waals surface area contributed by atoms with Crippen molar-refractivity contribution >= 4 is 6.03 Å². The Hall–Kier alpha value is -2.82. The van der Waals surface area contributed by atoms with Gasteiger partial charge in [0.1, 0.15) is 5.75 Å². The van der Waals surface area contributed by atoms with Crippen LogP contribution in [0.1, 0.15) is 48.4 Å². The van der Waals surface area contributed by atoms with Crippen molar-refractivity contribution in [2.24, 2.45) is 5.73 Å². The van der Waals surface area contributed by atoms with Crippen molar-refractivity contribution in [1.29, 1.82) is 0 Å². The Morgan fingerprint density at radius 3 is 2.38 bits per heavy atom. The summed E-state index contributed by atoms with van der Waals surface area (Å²) >= 11 is 0. The lowest BCUT2D eigenvalue weighted by molar-refractivity contribution is -0.274. The van der Waals surface area contributed by atoms with Gasteiger partial charge >= 0.3 is 12.4 Å². The van der Waals surface area contributed by atoms with Gasteiger partial charge < -0.3 is 24.8 Å². The molecule has 2 N–H and O–H groups in total. The molecule has 0 radical (unpaired) electrons. The number of hydrogen-bond acceptors (Lipinski definition) is 6. The van der Waals surface area contributed by atoms with E-state index in [1.54, 1.807) is 24.0 Å². The number of nitrogens with zero attached hydrogens (tertiary/aromatic N) is 4. The van der Waals surface area contributed by atoms with Gasteiger partial charge in [-0.05, 0) is 43.9 Å². The topological polar surface area (TPSA) is 97.7 Å². The van der Waals surface area contributed by atoms with Crippen LogP contribution >= 0.6 is 0 Å². The van der Waals surface area contributed by atoms with Crippen LogP contribution in [0.4, 0.5) is 18.0 Å². The number of carbonyl (C=O) groups excluding carboxylic acids is 1. The second kappa shape index (κ2) is 8.97. The van der Waals surface area contributed by atoms with E-state index in [2.05, 4.69) is 14.9 Å². The molecule has 2 atom stereocenters. The molecule has 0 spiro atoms. The van der Waals surface area contributed by atoms with E-state index >= 15 is 0 Å². The van der Waals surface area contributed by atoms with Crippen molar-refractivity contribution in [1.82, 2.24) is 19.9 Å². The average molecular weight is 453 g/mol. The molecule has 0 bridgehead atoms. The summed E-state index contributed by atoms with van der Waals surface area (Å²) in [4.78, 5) is 21.2. The number of rotatable bonds is 3. The largest absolute Gasteiger partial charge is 0.573 e. The molecule has 1 aromatic heterocycles. The molecule has 4 rings (SSSR count). The smallest absolute Gasteiger partial charge is 0.406 e. The number of amides is 2. The summed E-state index contributed by atoms with van der Waals surface area (Å²) in [5, 5.41) is 3.87. The number of urea groups is 1. The van der Waals surface area contributed by atoms with Gasteiger partial charge in [0.05, 0.1) is 5.92 Å². The summed E-state index contributed by atoms with van der Waals surface area (Å²) in [5.41, 5.74) is 6.78. The van der Waals surface area contributed by atoms with Crippen LogP contribution in [0.2, 0.25) is 0 Å². The Balaban J connectivity index is 1.54. The van der Waals surface area contributed by atoms with Gasteiger partial charge in [0.15, 0.2) is 5.82 Å². The number of likely N-dealkylation sites (tertiary alicyclic amines) is 2. The van der Waals surface area contributed by atoms with Crippen LogP contribution in [0.15, 0.2) is 28.8 Å². The standard InChI is InChI=1S/C21H26F3N5O3/c1-13-26-19(32-27-13)16-10-15(14-2-4-18(5-3-14)31-21(22,23)24)11-29(12-16)20(30)28-8-6-17(25)7-9-28/h2-5,15-17H,6-12,25H2,1H3. The lowest BCUT2D eigenvalue weighted by atomic mass is 9.84. The summed E-state index contributed by atoms with van der Waals surface area (Å²) < 4.78 is 46.8. The molecule has 0 saturated carbocycles. The van der Waals surface area contributed by atoms with E-state index in [0.717, 1.165) is 18.4 Å². The number of nitrogens with two attached hydrogens (primary N) is 1. The summed E-state index contributed by atoms with van der Waals surface area (Å²) in [5.74, 6) is 0.425. The molecule has 2 aliphatic rings. The molecule has 3 heterocycles. The molecule has 174 valence electrons. The van der Waals surface area contributed by atoms with Crippen molar-refractivity contribution < 1.29 is 27.2 Å². The number of ether oxygens (including phenoxy) is 1. The second-order valence-corrected chi connectivity index (χ2v) is 8.44. The molecule has 32 heavy (non-hydrogen) atoms. The van der Waals surface area contributed by atoms with Gasteiger partial charge in [-0.15, -0.1) is 13.2 Å². The molecule has 1 aromatic carbocycles. The quantitative estimate of drug-likeness (QED) is 0.765. The maximum Gasteiger partial charge on any atom is 0.573 e. The first kappa shape index (κ1) is 22.4. The normalized spacial score (nSPS) is 22.8. The van der Waals surface area contributed by atoms with E-state index in [0.29, 0.717) is 44.3 Å². The van der Waals surface area contributed by atoms with Crippen LogP contribution in [0, 0.1) is 6.92 Å². The molecule has 2 saturated heterocycles. The monoisotopic (exact) mass is 453 g/mol. The average Bonchev–Trinajstić information content (AvgIpc) is 3.19. The molecule has 11 heteroatoms. The lowest BCUT2D eigenvalue weighted by Crippen LogP contribution is -2.52. The summed E-state index contributed by atoms with van der Waals surface area (Å²) in [6.45, 7) is 3.83. The zero-order valence-electron chi connectivity index (χ0n) is 17.7. The maximum absolute atomic E-state index is 13.2. The van der Waals surface area contributed by atoms with Crippen molar-refractivity contribution in [3.63, 3.8) is 0 Å². The van der Waals surface area contributed by atoms with E-state index in [1.165, 1.54) is 12.1 Å². The maximum atomic E-state index is 13.2. The number of carbonyl (C=O) groups is 1. The molecule has 2 aromatic rings. The molecule has 2 amide bonds. The van der Waals surface area contributed by atoms with Crippen molar-refractivity contribution in [2.75, 3.05) is 26.2 Å². The SMILES string of the molecule is Cc1noc(C2CC(c3ccc(OC(F)(F)F)cc3)CN(C(=O)N3CCC(N)CC3)C2)n1. The van der Waals surface area contributed by atoms with Gasteiger partial charge in [0, 0.05) is 38.1 Å². The van der Waals surface area contributed by atoms with E-state index in [9.17, 15) is 18.0 Å². The highest BCUT2D eigenvalue weighted by atomic mass is 19.4. The van der Waals surface area contributed by atoms with Gasteiger partial charge in [0.25, 0.3) is 0 Å². The first-order valence-corrected chi connectivity index (χ1v) is 10.6. The molecular weight excluding hydrogens is 427 g/mol. The second-order valence-electron chi connectivity index (χ2n) is 8.44. The number of piperidine rings is 2. The first-order chi connectivity index (χ1) is 15.2. The van der Waals surface area contributed by atoms with E-state index < -0.39 is 6.36 Å². The van der Waals surface area contributed by atoms with E-state index in [-0.39, 0.29) is 29.7 Å². The van der Waals surface area contributed by atoms with Gasteiger partial charge in [-0.3, -0.25) is 0 Å². The van der Waals surface area contributed by atoms with Crippen LogP contribution in [0.25, 0.3) is 0 Å². The molecule has 2 fully saturated rings. The van der Waals surface area contributed by atoms with Crippen LogP contribution in [-0.4, -0.2) is 64.6 Å². The van der Waals surface area contributed by atoms with Crippen molar-refractivity contribution in [2.45, 2.75) is 50.4 Å². The fourth-order valence-corrected chi connectivity index (χ4v) is 4.39. The zero-order chi connectivity index (χ0) is 22.9. The summed E-state index contributed by atoms with van der Waals surface area (Å²) in [7, 11) is 0. The van der Waals surface area contributed by atoms with Gasteiger partial charge in [-0.25, -0.2) is 4.79 Å². The third-order valence-electron chi connectivity index (χ3n) is 6.01. The summed E-state index contributed by atoms with van der Waals surface area (Å²) in [6, 6.07) is 5.84. The highest BCUT2D eigenvalue weighted by Gasteiger charge is 2.37. The van der Waals surface area contributed by atoms with Gasteiger partial charge in [-0.1, -0.05) is 17.3 Å². The van der Waals surface area contributed by atoms with Gasteiger partial charge in [0.2, 0.25) is 5.89 Å². The highest BCUT2D eigenvalue weighted by molar-refractivity contribution is 5.75. The summed E-state index contributed by atoms with van der Waals surface area (Å²) in [6.07, 6.45) is -2.59. The van der Waals surface area contributed by atoms with Crippen LogP contribution in [0.5, 0.6) is 5.75 Å². The van der Waals surface area contributed by atoms with Crippen LogP contribution in [0.3, 0.4) is 0 Å². The van der Waals surface area contributed by atoms with Crippen molar-refractivity contribution in [3.05, 3.63) is 41.5 Å². The molecule has 2 aliphatic heterocycles. The number of benzene rings is 1. The van der Waals surface area contributed by atoms with E-state index in [1.807, 2.05) is 4.90 Å². The van der Waals surface area contributed by atoms with Gasteiger partial charge in [-0.2, -0.15) is 4.98 Å². The molecule has 8 nitrogen and oxygen atoms in total. The third kappa shape index (κ3) is 5.32. The highest BCUT2D eigenvalue weighted by Crippen LogP contribution is 2.36. The van der Waals surface area contributed by atoms with Crippen LogP contribution < -0.4 is 10.5 Å².